The molecule has 2 heterocycles. The number of carbonyl (C=O) groups excluding carboxylic acids is 2. The monoisotopic (exact) mass is 452 g/mol. The minimum atomic E-state index is -1.57. The largest absolute Gasteiger partial charge is 0.465 e. The first-order chi connectivity index (χ1) is 13.8. The minimum Gasteiger partial charge on any atom is -0.465 e. The van der Waals surface area contributed by atoms with Gasteiger partial charge >= 0.3 is 11.9 Å². The highest BCUT2D eigenvalue weighted by Gasteiger charge is 2.36. The third kappa shape index (κ3) is 3.67. The Balaban J connectivity index is 2.36. The summed E-state index contributed by atoms with van der Waals surface area (Å²) in [4.78, 5) is 29.6. The number of aromatic nitrogens is 2. The van der Waals surface area contributed by atoms with Crippen LogP contribution in [-0.4, -0.2) is 34.5 Å². The summed E-state index contributed by atoms with van der Waals surface area (Å²) in [6.45, 7) is 3.24. The summed E-state index contributed by atoms with van der Waals surface area (Å²) in [5, 5.41) is 18.8. The van der Waals surface area contributed by atoms with Crippen molar-refractivity contribution in [1.29, 1.82) is 10.7 Å². The zero-order valence-corrected chi connectivity index (χ0v) is 17.6. The third-order valence-electron chi connectivity index (χ3n) is 4.00. The van der Waals surface area contributed by atoms with Crippen LogP contribution in [-0.2, 0) is 19.1 Å². The molecule has 3 rings (SSSR count). The normalized spacial score (nSPS) is 11.0. The number of thiazole rings is 1. The molecule has 0 radical (unpaired) electrons. The van der Waals surface area contributed by atoms with Gasteiger partial charge < -0.3 is 9.47 Å². The van der Waals surface area contributed by atoms with E-state index in [1.54, 1.807) is 26.0 Å². The van der Waals surface area contributed by atoms with Crippen molar-refractivity contribution in [2.45, 2.75) is 19.8 Å². The van der Waals surface area contributed by atoms with Gasteiger partial charge in [-0.25, -0.2) is 4.98 Å². The quantitative estimate of drug-likeness (QED) is 0.467. The van der Waals surface area contributed by atoms with E-state index >= 15 is 0 Å². The van der Waals surface area contributed by atoms with Crippen molar-refractivity contribution in [2.24, 2.45) is 0 Å². The molecule has 0 fully saturated rings. The number of hydrogen-bond acceptors (Lipinski definition) is 8. The average molecular weight is 453 g/mol. The molecule has 0 spiro atoms. The topological polar surface area (TPSA) is 118 Å². The number of nitriles is 1. The van der Waals surface area contributed by atoms with Gasteiger partial charge in [0, 0.05) is 0 Å². The first-order valence-corrected chi connectivity index (χ1v) is 10.0. The summed E-state index contributed by atoms with van der Waals surface area (Å²) in [5.74, 6) is -3.37. The van der Waals surface area contributed by atoms with Crippen molar-refractivity contribution in [3.05, 3.63) is 38.9 Å². The number of ether oxygens (including phenoxy) is 2. The zero-order chi connectivity index (χ0) is 21.3. The van der Waals surface area contributed by atoms with E-state index in [1.807, 2.05) is 6.07 Å². The third-order valence-corrected chi connectivity index (χ3v) is 5.72. The minimum absolute atomic E-state index is 0.0290. The van der Waals surface area contributed by atoms with Crippen LogP contribution in [0.3, 0.4) is 0 Å². The fraction of sp³-hybridized carbons (Fsp3) is 0.278. The van der Waals surface area contributed by atoms with Crippen LogP contribution in [0.15, 0.2) is 12.1 Å². The van der Waals surface area contributed by atoms with Crippen LogP contribution in [0.1, 0.15) is 31.0 Å². The van der Waals surface area contributed by atoms with Crippen molar-refractivity contribution in [3.8, 4) is 6.07 Å². The molecule has 2 aromatic heterocycles. The molecule has 0 aliphatic heterocycles. The molecule has 1 aromatic carbocycles. The molecule has 8 nitrogen and oxygen atoms in total. The zero-order valence-electron chi connectivity index (χ0n) is 15.3. The summed E-state index contributed by atoms with van der Waals surface area (Å²) < 4.78 is 12.0. The van der Waals surface area contributed by atoms with Gasteiger partial charge in [-0.15, -0.1) is 0 Å². The molecular formula is C18H14Cl2N4O4S. The van der Waals surface area contributed by atoms with E-state index in [2.05, 4.69) is 4.98 Å². The molecule has 0 saturated carbocycles. The fourth-order valence-electron chi connectivity index (χ4n) is 2.79. The number of fused-ring (bicyclic) bond motifs is 3. The second kappa shape index (κ2) is 8.37. The van der Waals surface area contributed by atoms with E-state index in [4.69, 9.17) is 38.1 Å². The van der Waals surface area contributed by atoms with Crippen LogP contribution in [0.5, 0.6) is 0 Å². The summed E-state index contributed by atoms with van der Waals surface area (Å²) >= 11 is 13.3. The Labute approximate surface area is 178 Å². The van der Waals surface area contributed by atoms with Crippen LogP contribution in [0, 0.1) is 16.7 Å². The van der Waals surface area contributed by atoms with Gasteiger partial charge in [0.15, 0.2) is 16.4 Å². The number of esters is 2. The summed E-state index contributed by atoms with van der Waals surface area (Å²) in [6, 6.07) is 5.06. The highest BCUT2D eigenvalue weighted by atomic mass is 35.5. The maximum Gasteiger partial charge on any atom is 0.326 e. The smallest absolute Gasteiger partial charge is 0.326 e. The Kier molecular flexibility index (Phi) is 6.07. The number of carbonyl (C=O) groups is 2. The van der Waals surface area contributed by atoms with E-state index in [0.29, 0.717) is 15.2 Å². The molecule has 3 aromatic rings. The Bertz CT molecular complexity index is 1230. The molecular weight excluding hydrogens is 439 g/mol. The number of hydrogen-bond donors (Lipinski definition) is 1. The van der Waals surface area contributed by atoms with Gasteiger partial charge in [0.1, 0.15) is 11.6 Å². The SMILES string of the molecule is CCOC(=O)C(C(=O)OCC)c1nc2sc3cc(Cl)c(Cl)cc3n2c(=N)c1C#N. The Morgan fingerprint density at radius 1 is 1.24 bits per heavy atom. The molecule has 0 aliphatic carbocycles. The molecule has 29 heavy (non-hydrogen) atoms. The summed E-state index contributed by atoms with van der Waals surface area (Å²) in [5.41, 5.74) is -0.128. The number of benzene rings is 1. The lowest BCUT2D eigenvalue weighted by molar-refractivity contribution is -0.157. The number of nitrogens with zero attached hydrogens (tertiary/aromatic N) is 3. The lowest BCUT2D eigenvalue weighted by Crippen LogP contribution is -2.31. The van der Waals surface area contributed by atoms with Crippen molar-refractivity contribution in [1.82, 2.24) is 9.38 Å². The summed E-state index contributed by atoms with van der Waals surface area (Å²) in [6.07, 6.45) is 0. The second-order valence-electron chi connectivity index (χ2n) is 5.72. The fourth-order valence-corrected chi connectivity index (χ4v) is 4.23. The Morgan fingerprint density at radius 3 is 2.38 bits per heavy atom. The number of nitrogens with one attached hydrogen (secondary N) is 1. The van der Waals surface area contributed by atoms with E-state index in [-0.39, 0.29) is 39.9 Å². The van der Waals surface area contributed by atoms with Crippen LogP contribution >= 0.6 is 34.5 Å². The maximum absolute atomic E-state index is 12.5. The molecule has 11 heteroatoms. The molecule has 0 amide bonds. The molecule has 150 valence electrons. The van der Waals surface area contributed by atoms with Gasteiger partial charge in [-0.1, -0.05) is 34.5 Å². The predicted octanol–water partition coefficient (Wildman–Crippen LogP) is 3.42. The second-order valence-corrected chi connectivity index (χ2v) is 7.55. The van der Waals surface area contributed by atoms with Crippen molar-refractivity contribution in [3.63, 3.8) is 0 Å². The van der Waals surface area contributed by atoms with Crippen molar-refractivity contribution < 1.29 is 19.1 Å². The van der Waals surface area contributed by atoms with Crippen molar-refractivity contribution in [2.75, 3.05) is 13.2 Å². The lowest BCUT2D eigenvalue weighted by Gasteiger charge is -2.15. The highest BCUT2D eigenvalue weighted by Crippen LogP contribution is 2.33. The van der Waals surface area contributed by atoms with Crippen LogP contribution < -0.4 is 5.49 Å². The van der Waals surface area contributed by atoms with Crippen LogP contribution in [0.4, 0.5) is 0 Å². The summed E-state index contributed by atoms with van der Waals surface area (Å²) in [7, 11) is 0. The maximum atomic E-state index is 12.5. The number of halogens is 2. The lowest BCUT2D eigenvalue weighted by atomic mass is 10.0. The molecule has 0 aliphatic rings. The van der Waals surface area contributed by atoms with Crippen molar-refractivity contribution >= 4 is 61.7 Å². The highest BCUT2D eigenvalue weighted by molar-refractivity contribution is 7.23. The Morgan fingerprint density at radius 2 is 1.83 bits per heavy atom. The van der Waals surface area contributed by atoms with E-state index in [0.717, 1.165) is 0 Å². The first-order valence-electron chi connectivity index (χ1n) is 8.46. The van der Waals surface area contributed by atoms with Crippen LogP contribution in [0.25, 0.3) is 15.2 Å². The van der Waals surface area contributed by atoms with Gasteiger partial charge in [0.05, 0.1) is 39.2 Å². The standard InChI is InChI=1S/C18H14Cl2N4O4S/c1-3-27-16(25)13(17(26)28-4-2)14-8(7-21)15(22)24-11-5-9(19)10(20)6-12(11)29-18(24)23-14/h5-6,13,22H,3-4H2,1-2H3. The van der Waals surface area contributed by atoms with Gasteiger partial charge in [0.25, 0.3) is 0 Å². The van der Waals surface area contributed by atoms with Gasteiger partial charge in [0.2, 0.25) is 0 Å². The van der Waals surface area contributed by atoms with E-state index in [9.17, 15) is 14.9 Å². The molecule has 0 atom stereocenters. The Hall–Kier alpha value is -2.67. The molecule has 0 unspecified atom stereocenters. The predicted molar refractivity (Wildman–Crippen MR) is 107 cm³/mol. The van der Waals surface area contributed by atoms with E-state index < -0.39 is 17.9 Å². The van der Waals surface area contributed by atoms with Crippen LogP contribution in [0.2, 0.25) is 10.0 Å². The average Bonchev–Trinajstić information content (AvgIpc) is 3.00. The van der Waals surface area contributed by atoms with Gasteiger partial charge in [-0.3, -0.25) is 19.4 Å². The van der Waals surface area contributed by atoms with E-state index in [1.165, 1.54) is 15.7 Å². The molecule has 0 bridgehead atoms. The first kappa shape index (κ1) is 21.0. The van der Waals surface area contributed by atoms with Gasteiger partial charge in [-0.2, -0.15) is 5.26 Å². The number of rotatable bonds is 5. The molecule has 0 saturated heterocycles. The van der Waals surface area contributed by atoms with Gasteiger partial charge in [-0.05, 0) is 26.0 Å². The molecule has 1 N–H and O–H groups in total.